The summed E-state index contributed by atoms with van der Waals surface area (Å²) in [5, 5.41) is 21.5. The maximum Gasteiger partial charge on any atom is 0.311 e. The zero-order chi connectivity index (χ0) is 27.7. The predicted octanol–water partition coefficient (Wildman–Crippen LogP) is 6.27. The lowest BCUT2D eigenvalue weighted by Crippen LogP contribution is -2.59. The summed E-state index contributed by atoms with van der Waals surface area (Å²) in [6.45, 7) is 27.7. The lowest BCUT2D eigenvalue weighted by molar-refractivity contribution is -0.174. The molecule has 8 heteroatoms. The first-order valence-corrected chi connectivity index (χ1v) is 19.1. The highest BCUT2D eigenvalue weighted by Gasteiger charge is 2.52. The molecular formula is C27H56O6Si2. The number of rotatable bonds is 9. The average Bonchev–Trinajstić information content (AvgIpc) is 2.62. The molecule has 1 aliphatic rings. The Balaban J connectivity index is 3.41. The van der Waals surface area contributed by atoms with E-state index >= 15 is 0 Å². The zero-order valence-electron chi connectivity index (χ0n) is 25.0. The van der Waals surface area contributed by atoms with Crippen molar-refractivity contribution in [3.05, 3.63) is 0 Å². The summed E-state index contributed by atoms with van der Waals surface area (Å²) >= 11 is 0. The SMILES string of the molecule is CC(C)(C)C(=O)OCC1(O)C[C@@H](O[Si](C)(C)C(C)(C)C)C(CCCO)[C@H](O[Si](C)(C)C(C)(C)C)C1. The van der Waals surface area contributed by atoms with Gasteiger partial charge in [0.15, 0.2) is 16.6 Å². The molecule has 0 aromatic carbocycles. The molecule has 0 aromatic heterocycles. The van der Waals surface area contributed by atoms with Gasteiger partial charge in [-0.05, 0) is 69.9 Å². The normalized spacial score (nSPS) is 27.1. The van der Waals surface area contributed by atoms with Crippen molar-refractivity contribution in [1.82, 2.24) is 0 Å². The number of aliphatic hydroxyl groups excluding tert-OH is 1. The molecule has 6 nitrogen and oxygen atoms in total. The van der Waals surface area contributed by atoms with Crippen LogP contribution in [0.2, 0.25) is 36.3 Å². The topological polar surface area (TPSA) is 85.2 Å². The van der Waals surface area contributed by atoms with E-state index < -0.39 is 27.7 Å². The number of carbonyl (C=O) groups excluding carboxylic acids is 1. The van der Waals surface area contributed by atoms with Gasteiger partial charge in [0.1, 0.15) is 12.2 Å². The Kier molecular flexibility index (Phi) is 10.5. The van der Waals surface area contributed by atoms with Crippen molar-refractivity contribution < 1.29 is 28.6 Å². The van der Waals surface area contributed by atoms with Crippen LogP contribution in [0.4, 0.5) is 0 Å². The summed E-state index contributed by atoms with van der Waals surface area (Å²) in [5.41, 5.74) is -1.86. The highest BCUT2D eigenvalue weighted by molar-refractivity contribution is 6.74. The fraction of sp³-hybridized carbons (Fsp3) is 0.963. The Morgan fingerprint density at radius 3 is 1.57 bits per heavy atom. The summed E-state index contributed by atoms with van der Waals surface area (Å²) in [4.78, 5) is 12.5. The van der Waals surface area contributed by atoms with Crippen molar-refractivity contribution in [2.24, 2.45) is 11.3 Å². The molecule has 0 amide bonds. The van der Waals surface area contributed by atoms with Crippen molar-refractivity contribution in [2.75, 3.05) is 13.2 Å². The van der Waals surface area contributed by atoms with Gasteiger partial charge in [-0.25, -0.2) is 0 Å². The van der Waals surface area contributed by atoms with Crippen LogP contribution in [0.3, 0.4) is 0 Å². The molecule has 1 saturated carbocycles. The Bertz CT molecular complexity index is 662. The minimum atomic E-state index is -2.16. The number of aliphatic hydroxyl groups is 2. The summed E-state index contributed by atoms with van der Waals surface area (Å²) in [5.74, 6) is -0.263. The van der Waals surface area contributed by atoms with E-state index in [9.17, 15) is 15.0 Å². The van der Waals surface area contributed by atoms with Gasteiger partial charge in [-0.2, -0.15) is 0 Å². The summed E-state index contributed by atoms with van der Waals surface area (Å²) in [6.07, 6.45) is 1.76. The molecule has 0 bridgehead atoms. The second-order valence-corrected chi connectivity index (χ2v) is 24.3. The van der Waals surface area contributed by atoms with Gasteiger partial charge in [0, 0.05) is 25.4 Å². The van der Waals surface area contributed by atoms with E-state index in [1.807, 2.05) is 20.8 Å². The lowest BCUT2D eigenvalue weighted by atomic mass is 9.73. The molecule has 1 aliphatic carbocycles. The number of ether oxygens (including phenoxy) is 1. The van der Waals surface area contributed by atoms with E-state index in [4.69, 9.17) is 13.6 Å². The Morgan fingerprint density at radius 2 is 1.26 bits per heavy atom. The molecule has 0 radical (unpaired) electrons. The van der Waals surface area contributed by atoms with Crippen LogP contribution in [-0.4, -0.2) is 63.8 Å². The lowest BCUT2D eigenvalue weighted by Gasteiger charge is -2.52. The molecule has 1 fully saturated rings. The van der Waals surface area contributed by atoms with Gasteiger partial charge < -0.3 is 23.8 Å². The van der Waals surface area contributed by atoms with Gasteiger partial charge in [-0.15, -0.1) is 0 Å². The zero-order valence-corrected chi connectivity index (χ0v) is 27.0. The number of esters is 1. The van der Waals surface area contributed by atoms with Gasteiger partial charge in [-0.3, -0.25) is 4.79 Å². The second kappa shape index (κ2) is 11.2. The van der Waals surface area contributed by atoms with E-state index in [1.165, 1.54) is 0 Å². The first kappa shape index (κ1) is 32.8. The molecule has 0 aromatic rings. The molecule has 0 aliphatic heterocycles. The van der Waals surface area contributed by atoms with Crippen LogP contribution < -0.4 is 0 Å². The van der Waals surface area contributed by atoms with Crippen LogP contribution in [0.1, 0.15) is 88.0 Å². The maximum atomic E-state index is 12.5. The third-order valence-corrected chi connectivity index (χ3v) is 17.4. The van der Waals surface area contributed by atoms with Crippen LogP contribution in [0.15, 0.2) is 0 Å². The third kappa shape index (κ3) is 8.92. The molecule has 208 valence electrons. The first-order valence-electron chi connectivity index (χ1n) is 13.3. The van der Waals surface area contributed by atoms with E-state index in [0.29, 0.717) is 19.3 Å². The van der Waals surface area contributed by atoms with Gasteiger partial charge in [-0.1, -0.05) is 41.5 Å². The Hall–Kier alpha value is -0.256. The Labute approximate surface area is 217 Å². The molecule has 2 N–H and O–H groups in total. The average molecular weight is 533 g/mol. The van der Waals surface area contributed by atoms with Crippen LogP contribution in [0, 0.1) is 11.3 Å². The van der Waals surface area contributed by atoms with E-state index in [2.05, 4.69) is 67.7 Å². The molecule has 2 atom stereocenters. The molecular weight excluding hydrogens is 476 g/mol. The van der Waals surface area contributed by atoms with Crippen molar-refractivity contribution >= 4 is 22.6 Å². The largest absolute Gasteiger partial charge is 0.462 e. The van der Waals surface area contributed by atoms with Gasteiger partial charge in [0.25, 0.3) is 0 Å². The fourth-order valence-corrected chi connectivity index (χ4v) is 6.71. The maximum absolute atomic E-state index is 12.5. The number of hydrogen-bond donors (Lipinski definition) is 2. The third-order valence-electron chi connectivity index (χ3n) is 8.40. The number of carbonyl (C=O) groups is 1. The minimum Gasteiger partial charge on any atom is -0.462 e. The van der Waals surface area contributed by atoms with Crippen molar-refractivity contribution in [3.63, 3.8) is 0 Å². The second-order valence-electron chi connectivity index (χ2n) is 14.8. The molecule has 0 unspecified atom stereocenters. The summed E-state index contributed by atoms with van der Waals surface area (Å²) in [7, 11) is -4.32. The van der Waals surface area contributed by atoms with Crippen LogP contribution >= 0.6 is 0 Å². The Morgan fingerprint density at radius 1 is 0.857 bits per heavy atom. The summed E-state index contributed by atoms with van der Waals surface area (Å²) < 4.78 is 19.5. The smallest absolute Gasteiger partial charge is 0.311 e. The van der Waals surface area contributed by atoms with Gasteiger partial charge >= 0.3 is 5.97 Å². The van der Waals surface area contributed by atoms with Crippen molar-refractivity contribution in [3.8, 4) is 0 Å². The van der Waals surface area contributed by atoms with Crippen molar-refractivity contribution in [2.45, 2.75) is 142 Å². The summed E-state index contributed by atoms with van der Waals surface area (Å²) in [6, 6.07) is 0. The van der Waals surface area contributed by atoms with Crippen LogP contribution in [0.5, 0.6) is 0 Å². The van der Waals surface area contributed by atoms with E-state index in [0.717, 1.165) is 6.42 Å². The molecule has 1 rings (SSSR count). The molecule has 35 heavy (non-hydrogen) atoms. The number of hydrogen-bond acceptors (Lipinski definition) is 6. The van der Waals surface area contributed by atoms with Crippen molar-refractivity contribution in [1.29, 1.82) is 0 Å². The van der Waals surface area contributed by atoms with Gasteiger partial charge in [0.2, 0.25) is 0 Å². The van der Waals surface area contributed by atoms with Crippen LogP contribution in [0.25, 0.3) is 0 Å². The molecule has 0 spiro atoms. The van der Waals surface area contributed by atoms with E-state index in [-0.39, 0.29) is 47.4 Å². The highest BCUT2D eigenvalue weighted by atomic mass is 28.4. The standard InChI is InChI=1S/C27H56O6Si2/c1-24(2,3)23(29)31-19-27(30)17-21(32-34(10,11)25(4,5)6)20(15-14-16-28)22(18-27)33-35(12,13)26(7,8)9/h20-22,28,30H,14-19H2,1-13H3/t20?,21-,22-,27?/m1/s1. The van der Waals surface area contributed by atoms with Crippen LogP contribution in [-0.2, 0) is 18.4 Å². The monoisotopic (exact) mass is 532 g/mol. The molecule has 0 saturated heterocycles. The quantitative estimate of drug-likeness (QED) is 0.269. The molecule has 0 heterocycles. The predicted molar refractivity (Wildman–Crippen MR) is 149 cm³/mol. The van der Waals surface area contributed by atoms with E-state index in [1.54, 1.807) is 0 Å². The van der Waals surface area contributed by atoms with Gasteiger partial charge in [0.05, 0.1) is 17.6 Å². The minimum absolute atomic E-state index is 0.0125. The highest BCUT2D eigenvalue weighted by Crippen LogP contribution is 2.47. The fourth-order valence-electron chi connectivity index (χ4n) is 3.98. The first-order chi connectivity index (χ1) is 15.5.